The van der Waals surface area contributed by atoms with Gasteiger partial charge in [-0.2, -0.15) is 0 Å². The van der Waals surface area contributed by atoms with Gasteiger partial charge >= 0.3 is 0 Å². The molecule has 0 bridgehead atoms. The fourth-order valence-corrected chi connectivity index (χ4v) is 3.88. The maximum atomic E-state index is 13.0. The molecule has 6 nitrogen and oxygen atoms in total. The zero-order chi connectivity index (χ0) is 20.9. The number of nitrogens with zero attached hydrogens (tertiary/aromatic N) is 4. The van der Waals surface area contributed by atoms with E-state index in [1.165, 1.54) is 24.3 Å². The molecule has 3 aromatic rings. The van der Waals surface area contributed by atoms with Crippen molar-refractivity contribution in [2.45, 2.75) is 26.3 Å². The summed E-state index contributed by atoms with van der Waals surface area (Å²) in [7, 11) is 0. The highest BCUT2D eigenvalue weighted by Gasteiger charge is 2.25. The molecule has 0 N–H and O–H groups in total. The lowest BCUT2D eigenvalue weighted by molar-refractivity contribution is -0.135. The lowest BCUT2D eigenvalue weighted by atomic mass is 9.97. The van der Waals surface area contributed by atoms with Crippen molar-refractivity contribution in [2.24, 2.45) is 5.92 Å². The lowest BCUT2D eigenvalue weighted by Gasteiger charge is -2.33. The Balaban J connectivity index is 1.38. The number of hydrogen-bond acceptors (Lipinski definition) is 4. The van der Waals surface area contributed by atoms with Crippen LogP contribution in [0.1, 0.15) is 18.5 Å². The first-order valence-corrected chi connectivity index (χ1v) is 10.2. The number of rotatable bonds is 6. The first-order chi connectivity index (χ1) is 14.6. The molecule has 0 radical (unpaired) electrons. The van der Waals surface area contributed by atoms with Crippen LogP contribution in [-0.4, -0.2) is 45.0 Å². The summed E-state index contributed by atoms with van der Waals surface area (Å²) in [5, 5.41) is 0. The van der Waals surface area contributed by atoms with Crippen LogP contribution in [0, 0.1) is 18.7 Å². The second-order valence-electron chi connectivity index (χ2n) is 7.67. The number of benzene rings is 1. The first-order valence-electron chi connectivity index (χ1n) is 10.2. The zero-order valence-electron chi connectivity index (χ0n) is 17.0. The minimum atomic E-state index is -0.326. The van der Waals surface area contributed by atoms with Gasteiger partial charge in [-0.05, 0) is 62.1 Å². The Morgan fingerprint density at radius 3 is 2.83 bits per heavy atom. The number of hydrogen-bond donors (Lipinski definition) is 0. The van der Waals surface area contributed by atoms with Crippen LogP contribution in [0.25, 0.3) is 11.4 Å². The molecule has 3 heterocycles. The third-order valence-corrected chi connectivity index (χ3v) is 5.46. The molecule has 1 fully saturated rings. The average Bonchev–Trinajstić information content (AvgIpc) is 3.14. The number of amides is 1. The maximum Gasteiger partial charge on any atom is 0.260 e. The Kier molecular flexibility index (Phi) is 6.07. The summed E-state index contributed by atoms with van der Waals surface area (Å²) in [5.41, 5.74) is 2.08. The molecule has 156 valence electrons. The van der Waals surface area contributed by atoms with Gasteiger partial charge in [0.2, 0.25) is 0 Å². The SMILES string of the molecule is Cc1cnc(-c2cccnc2)n1CC1CCCN(C(=O)COc2ccc(F)cc2)C1. The second-order valence-corrected chi connectivity index (χ2v) is 7.67. The van der Waals surface area contributed by atoms with Crippen LogP contribution in [0.2, 0.25) is 0 Å². The predicted molar refractivity (Wildman–Crippen MR) is 111 cm³/mol. The Morgan fingerprint density at radius 1 is 1.23 bits per heavy atom. The van der Waals surface area contributed by atoms with Crippen LogP contribution in [-0.2, 0) is 11.3 Å². The van der Waals surface area contributed by atoms with Gasteiger partial charge in [-0.3, -0.25) is 9.78 Å². The van der Waals surface area contributed by atoms with E-state index in [1.54, 1.807) is 6.20 Å². The Hall–Kier alpha value is -3.22. The zero-order valence-corrected chi connectivity index (χ0v) is 17.0. The molecule has 1 aliphatic heterocycles. The largest absolute Gasteiger partial charge is 0.484 e. The molecule has 1 atom stereocenters. The lowest BCUT2D eigenvalue weighted by Crippen LogP contribution is -2.43. The highest BCUT2D eigenvalue weighted by molar-refractivity contribution is 5.77. The van der Waals surface area contributed by atoms with Crippen molar-refractivity contribution in [3.8, 4) is 17.1 Å². The van der Waals surface area contributed by atoms with Gasteiger partial charge in [0, 0.05) is 49.5 Å². The molecule has 1 aromatic carbocycles. The summed E-state index contributed by atoms with van der Waals surface area (Å²) in [4.78, 5) is 23.3. The van der Waals surface area contributed by atoms with E-state index in [4.69, 9.17) is 4.74 Å². The molecule has 1 amide bonds. The number of carbonyl (C=O) groups excluding carboxylic acids is 1. The molecule has 1 saturated heterocycles. The normalized spacial score (nSPS) is 16.5. The quantitative estimate of drug-likeness (QED) is 0.624. The van der Waals surface area contributed by atoms with E-state index in [-0.39, 0.29) is 18.3 Å². The number of pyridine rings is 1. The van der Waals surface area contributed by atoms with Gasteiger partial charge in [0.1, 0.15) is 17.4 Å². The summed E-state index contributed by atoms with van der Waals surface area (Å²) in [6.07, 6.45) is 7.48. The number of carbonyl (C=O) groups is 1. The fourth-order valence-electron chi connectivity index (χ4n) is 3.88. The second kappa shape index (κ2) is 9.07. The highest BCUT2D eigenvalue weighted by atomic mass is 19.1. The number of likely N-dealkylation sites (tertiary alicyclic amines) is 1. The van der Waals surface area contributed by atoms with Crippen LogP contribution < -0.4 is 4.74 Å². The van der Waals surface area contributed by atoms with Crippen molar-refractivity contribution >= 4 is 5.91 Å². The van der Waals surface area contributed by atoms with Crippen molar-refractivity contribution in [3.05, 3.63) is 66.5 Å². The van der Waals surface area contributed by atoms with E-state index >= 15 is 0 Å². The summed E-state index contributed by atoms with van der Waals surface area (Å²) >= 11 is 0. The van der Waals surface area contributed by atoms with E-state index < -0.39 is 0 Å². The Morgan fingerprint density at radius 2 is 2.07 bits per heavy atom. The molecular weight excluding hydrogens is 383 g/mol. The number of halogens is 1. The maximum absolute atomic E-state index is 13.0. The predicted octanol–water partition coefficient (Wildman–Crippen LogP) is 3.71. The van der Waals surface area contributed by atoms with Gasteiger partial charge in [0.15, 0.2) is 6.61 Å². The highest BCUT2D eigenvalue weighted by Crippen LogP contribution is 2.24. The Labute approximate surface area is 175 Å². The number of piperidine rings is 1. The molecular formula is C23H25FN4O2. The minimum Gasteiger partial charge on any atom is -0.484 e. The van der Waals surface area contributed by atoms with Crippen molar-refractivity contribution in [1.82, 2.24) is 19.4 Å². The topological polar surface area (TPSA) is 60.2 Å². The number of imidazole rings is 1. The van der Waals surface area contributed by atoms with Crippen LogP contribution in [0.3, 0.4) is 0 Å². The number of ether oxygens (including phenoxy) is 1. The summed E-state index contributed by atoms with van der Waals surface area (Å²) in [5.74, 6) is 1.38. The Bertz CT molecular complexity index is 988. The summed E-state index contributed by atoms with van der Waals surface area (Å²) in [6.45, 7) is 4.24. The van der Waals surface area contributed by atoms with Crippen molar-refractivity contribution in [3.63, 3.8) is 0 Å². The number of aryl methyl sites for hydroxylation is 1. The van der Waals surface area contributed by atoms with Crippen LogP contribution in [0.4, 0.5) is 4.39 Å². The van der Waals surface area contributed by atoms with Crippen molar-refractivity contribution in [2.75, 3.05) is 19.7 Å². The fraction of sp³-hybridized carbons (Fsp3) is 0.348. The van der Waals surface area contributed by atoms with Gasteiger partial charge in [-0.15, -0.1) is 0 Å². The van der Waals surface area contributed by atoms with Gasteiger partial charge in [-0.25, -0.2) is 9.37 Å². The molecule has 0 spiro atoms. The smallest absolute Gasteiger partial charge is 0.260 e. The summed E-state index contributed by atoms with van der Waals surface area (Å²) < 4.78 is 20.7. The van der Waals surface area contributed by atoms with Crippen molar-refractivity contribution < 1.29 is 13.9 Å². The molecule has 0 aliphatic carbocycles. The molecule has 7 heteroatoms. The summed E-state index contributed by atoms with van der Waals surface area (Å²) in [6, 6.07) is 9.63. The van der Waals surface area contributed by atoms with Gasteiger partial charge < -0.3 is 14.2 Å². The molecule has 30 heavy (non-hydrogen) atoms. The monoisotopic (exact) mass is 408 g/mol. The molecule has 1 unspecified atom stereocenters. The first kappa shape index (κ1) is 20.1. The third kappa shape index (κ3) is 4.67. The van der Waals surface area contributed by atoms with Gasteiger partial charge in [-0.1, -0.05) is 0 Å². The van der Waals surface area contributed by atoms with E-state index in [0.717, 1.165) is 43.0 Å². The van der Waals surface area contributed by atoms with E-state index in [1.807, 2.05) is 29.4 Å². The molecule has 1 aliphatic rings. The van der Waals surface area contributed by atoms with Crippen LogP contribution in [0.5, 0.6) is 5.75 Å². The van der Waals surface area contributed by atoms with E-state index in [0.29, 0.717) is 18.2 Å². The molecule has 2 aromatic heterocycles. The standard InChI is InChI=1S/C23H25FN4O2/c1-17-12-26-23(19-5-2-10-25-13-19)28(17)15-18-4-3-11-27(14-18)22(29)16-30-21-8-6-20(24)7-9-21/h2,5-10,12-13,18H,3-4,11,14-16H2,1H3. The molecule has 0 saturated carbocycles. The number of aromatic nitrogens is 3. The van der Waals surface area contributed by atoms with Crippen LogP contribution in [0.15, 0.2) is 55.0 Å². The minimum absolute atomic E-state index is 0.0383. The van der Waals surface area contributed by atoms with E-state index in [2.05, 4.69) is 21.5 Å². The van der Waals surface area contributed by atoms with E-state index in [9.17, 15) is 9.18 Å². The van der Waals surface area contributed by atoms with Crippen molar-refractivity contribution in [1.29, 1.82) is 0 Å². The van der Waals surface area contributed by atoms with Crippen LogP contribution >= 0.6 is 0 Å². The third-order valence-electron chi connectivity index (χ3n) is 5.46. The average molecular weight is 408 g/mol. The van der Waals surface area contributed by atoms with Gasteiger partial charge in [0.25, 0.3) is 5.91 Å². The molecule has 4 rings (SSSR count). The van der Waals surface area contributed by atoms with Gasteiger partial charge in [0.05, 0.1) is 0 Å².